The number of rotatable bonds is 4. The number of aromatic nitrogens is 2. The van der Waals surface area contributed by atoms with Crippen molar-refractivity contribution in [3.05, 3.63) is 41.3 Å². The Morgan fingerprint density at radius 2 is 1.94 bits per heavy atom. The zero-order chi connectivity index (χ0) is 13.0. The number of hydrogen-bond acceptors (Lipinski definition) is 4. The van der Waals surface area contributed by atoms with E-state index in [-0.39, 0.29) is 5.28 Å². The minimum absolute atomic E-state index is 0.157. The zero-order valence-corrected chi connectivity index (χ0v) is 10.9. The molecule has 1 aromatic carbocycles. The Morgan fingerprint density at radius 3 is 2.67 bits per heavy atom. The van der Waals surface area contributed by atoms with E-state index in [1.165, 1.54) is 0 Å². The summed E-state index contributed by atoms with van der Waals surface area (Å²) in [7, 11) is 0. The topological polar surface area (TPSA) is 44.2 Å². The van der Waals surface area contributed by atoms with E-state index >= 15 is 0 Å². The van der Waals surface area contributed by atoms with Crippen molar-refractivity contribution < 1.29 is 9.47 Å². The molecular formula is C13H13ClN2O2. The van der Waals surface area contributed by atoms with Gasteiger partial charge in [-0.25, -0.2) is 4.98 Å². The van der Waals surface area contributed by atoms with Crippen molar-refractivity contribution in [3.8, 4) is 17.4 Å². The second kappa shape index (κ2) is 5.69. The van der Waals surface area contributed by atoms with Gasteiger partial charge in [-0.3, -0.25) is 0 Å². The van der Waals surface area contributed by atoms with Crippen LogP contribution in [0.5, 0.6) is 17.4 Å². The Bertz CT molecular complexity index is 546. The molecule has 94 valence electrons. The third-order valence-electron chi connectivity index (χ3n) is 2.25. The van der Waals surface area contributed by atoms with Gasteiger partial charge in [0.05, 0.1) is 6.61 Å². The lowest BCUT2D eigenvalue weighted by atomic mass is 10.3. The van der Waals surface area contributed by atoms with E-state index in [4.69, 9.17) is 21.1 Å². The van der Waals surface area contributed by atoms with Crippen LogP contribution < -0.4 is 9.47 Å². The van der Waals surface area contributed by atoms with Gasteiger partial charge >= 0.3 is 0 Å². The van der Waals surface area contributed by atoms with Crippen molar-refractivity contribution in [3.63, 3.8) is 0 Å². The third-order valence-corrected chi connectivity index (χ3v) is 2.43. The summed E-state index contributed by atoms with van der Waals surface area (Å²) in [5.41, 5.74) is 0.811. The lowest BCUT2D eigenvalue weighted by Gasteiger charge is -2.11. The molecule has 2 rings (SSSR count). The van der Waals surface area contributed by atoms with Crippen LogP contribution in [0.2, 0.25) is 5.28 Å². The Kier molecular flexibility index (Phi) is 3.99. The van der Waals surface area contributed by atoms with E-state index < -0.39 is 0 Å². The smallest absolute Gasteiger partial charge is 0.226 e. The standard InChI is InChI=1S/C13H13ClN2O2/c1-3-17-10-6-4-5-7-11(10)18-12-9(2)8-15-13(14)16-12/h4-8H,3H2,1-2H3. The number of nitrogens with zero attached hydrogens (tertiary/aromatic N) is 2. The normalized spacial score (nSPS) is 10.2. The number of para-hydroxylation sites is 2. The highest BCUT2D eigenvalue weighted by molar-refractivity contribution is 6.28. The lowest BCUT2D eigenvalue weighted by Crippen LogP contribution is -1.97. The van der Waals surface area contributed by atoms with Crippen molar-refractivity contribution in [2.45, 2.75) is 13.8 Å². The number of hydrogen-bond donors (Lipinski definition) is 0. The van der Waals surface area contributed by atoms with E-state index in [1.807, 2.05) is 38.1 Å². The Balaban J connectivity index is 2.30. The van der Waals surface area contributed by atoms with Crippen molar-refractivity contribution in [1.82, 2.24) is 9.97 Å². The molecular weight excluding hydrogens is 252 g/mol. The molecule has 0 aliphatic heterocycles. The molecule has 0 aliphatic carbocycles. The fraction of sp³-hybridized carbons (Fsp3) is 0.231. The Morgan fingerprint density at radius 1 is 1.22 bits per heavy atom. The maximum absolute atomic E-state index is 5.75. The highest BCUT2D eigenvalue weighted by atomic mass is 35.5. The van der Waals surface area contributed by atoms with E-state index in [1.54, 1.807) is 6.20 Å². The summed E-state index contributed by atoms with van der Waals surface area (Å²) in [4.78, 5) is 7.93. The van der Waals surface area contributed by atoms with Crippen LogP contribution in [0, 0.1) is 6.92 Å². The molecule has 0 N–H and O–H groups in total. The van der Waals surface area contributed by atoms with Gasteiger partial charge in [0.1, 0.15) is 0 Å². The van der Waals surface area contributed by atoms with Gasteiger partial charge in [0.15, 0.2) is 11.5 Å². The van der Waals surface area contributed by atoms with Crippen LogP contribution in [0.25, 0.3) is 0 Å². The molecule has 18 heavy (non-hydrogen) atoms. The van der Waals surface area contributed by atoms with Crippen LogP contribution >= 0.6 is 11.6 Å². The van der Waals surface area contributed by atoms with Crippen LogP contribution in [0.4, 0.5) is 0 Å². The van der Waals surface area contributed by atoms with Crippen LogP contribution in [-0.2, 0) is 0 Å². The summed E-state index contributed by atoms with van der Waals surface area (Å²) >= 11 is 5.75. The minimum atomic E-state index is 0.157. The fourth-order valence-electron chi connectivity index (χ4n) is 1.42. The molecule has 4 nitrogen and oxygen atoms in total. The van der Waals surface area contributed by atoms with Crippen molar-refractivity contribution in [2.75, 3.05) is 6.61 Å². The van der Waals surface area contributed by atoms with Crippen LogP contribution in [-0.4, -0.2) is 16.6 Å². The summed E-state index contributed by atoms with van der Waals surface area (Å²) in [6.07, 6.45) is 1.62. The quantitative estimate of drug-likeness (QED) is 0.791. The first-order valence-electron chi connectivity index (χ1n) is 5.59. The molecule has 5 heteroatoms. The molecule has 0 saturated carbocycles. The molecule has 2 aromatic rings. The molecule has 0 saturated heterocycles. The van der Waals surface area contributed by atoms with Gasteiger partial charge in [0, 0.05) is 11.8 Å². The zero-order valence-electron chi connectivity index (χ0n) is 10.2. The van der Waals surface area contributed by atoms with Gasteiger partial charge in [0.25, 0.3) is 0 Å². The van der Waals surface area contributed by atoms with Crippen LogP contribution in [0.1, 0.15) is 12.5 Å². The highest BCUT2D eigenvalue weighted by Gasteiger charge is 2.09. The van der Waals surface area contributed by atoms with Gasteiger partial charge in [-0.05, 0) is 37.6 Å². The first-order chi connectivity index (χ1) is 8.70. The number of aryl methyl sites for hydroxylation is 1. The summed E-state index contributed by atoms with van der Waals surface area (Å²) in [5, 5.41) is 0.157. The average molecular weight is 265 g/mol. The summed E-state index contributed by atoms with van der Waals surface area (Å²) in [6.45, 7) is 4.35. The van der Waals surface area contributed by atoms with Crippen LogP contribution in [0.3, 0.4) is 0 Å². The molecule has 1 aromatic heterocycles. The minimum Gasteiger partial charge on any atom is -0.490 e. The third kappa shape index (κ3) is 2.90. The molecule has 0 spiro atoms. The monoisotopic (exact) mass is 264 g/mol. The molecule has 0 radical (unpaired) electrons. The summed E-state index contributed by atoms with van der Waals surface area (Å²) in [6, 6.07) is 7.42. The van der Waals surface area contributed by atoms with Gasteiger partial charge in [-0.15, -0.1) is 0 Å². The molecule has 0 aliphatic rings. The molecule has 0 amide bonds. The maximum Gasteiger partial charge on any atom is 0.226 e. The Hall–Kier alpha value is -1.81. The van der Waals surface area contributed by atoms with Crippen LogP contribution in [0.15, 0.2) is 30.5 Å². The predicted molar refractivity (Wildman–Crippen MR) is 69.5 cm³/mol. The van der Waals surface area contributed by atoms with E-state index in [0.29, 0.717) is 24.0 Å². The SMILES string of the molecule is CCOc1ccccc1Oc1nc(Cl)ncc1C. The lowest BCUT2D eigenvalue weighted by molar-refractivity contribution is 0.319. The molecule has 1 heterocycles. The first kappa shape index (κ1) is 12.6. The predicted octanol–water partition coefficient (Wildman–Crippen LogP) is 3.63. The van der Waals surface area contributed by atoms with Gasteiger partial charge in [-0.2, -0.15) is 4.98 Å². The van der Waals surface area contributed by atoms with Gasteiger partial charge in [0.2, 0.25) is 11.2 Å². The number of halogens is 1. The highest BCUT2D eigenvalue weighted by Crippen LogP contribution is 2.31. The van der Waals surface area contributed by atoms with Crippen molar-refractivity contribution in [1.29, 1.82) is 0 Å². The van der Waals surface area contributed by atoms with Crippen molar-refractivity contribution in [2.24, 2.45) is 0 Å². The van der Waals surface area contributed by atoms with Crippen molar-refractivity contribution >= 4 is 11.6 Å². The second-order valence-electron chi connectivity index (χ2n) is 3.61. The maximum atomic E-state index is 5.75. The molecule has 0 unspecified atom stereocenters. The second-order valence-corrected chi connectivity index (χ2v) is 3.95. The average Bonchev–Trinajstić information content (AvgIpc) is 2.36. The van der Waals surface area contributed by atoms with E-state index in [9.17, 15) is 0 Å². The van der Waals surface area contributed by atoms with Gasteiger partial charge < -0.3 is 9.47 Å². The van der Waals surface area contributed by atoms with Gasteiger partial charge in [-0.1, -0.05) is 12.1 Å². The summed E-state index contributed by atoms with van der Waals surface area (Å²) in [5.74, 6) is 1.72. The number of ether oxygens (including phenoxy) is 2. The Labute approximate surface area is 111 Å². The first-order valence-corrected chi connectivity index (χ1v) is 5.97. The molecule has 0 atom stereocenters. The molecule has 0 fully saturated rings. The molecule has 0 bridgehead atoms. The largest absolute Gasteiger partial charge is 0.490 e. The number of benzene rings is 1. The fourth-order valence-corrected chi connectivity index (χ4v) is 1.55. The van der Waals surface area contributed by atoms with E-state index in [2.05, 4.69) is 9.97 Å². The summed E-state index contributed by atoms with van der Waals surface area (Å²) < 4.78 is 11.2. The van der Waals surface area contributed by atoms with E-state index in [0.717, 1.165) is 5.56 Å².